The molecule has 0 unspecified atom stereocenters. The smallest absolute Gasteiger partial charge is 0.0695 e. The van der Waals surface area contributed by atoms with Crippen molar-refractivity contribution in [2.45, 2.75) is 75.4 Å². The minimum absolute atomic E-state index is 0.0171. The molecule has 0 bridgehead atoms. The first-order valence-corrected chi connectivity index (χ1v) is 9.55. The van der Waals surface area contributed by atoms with Gasteiger partial charge in [0.15, 0.2) is 0 Å². The van der Waals surface area contributed by atoms with Crippen LogP contribution in [0, 0.1) is 0 Å². The van der Waals surface area contributed by atoms with Crippen LogP contribution >= 0.6 is 11.8 Å². The maximum absolute atomic E-state index is 9.99. The molecule has 0 heterocycles. The zero-order chi connectivity index (χ0) is 18.8. The van der Waals surface area contributed by atoms with E-state index in [0.29, 0.717) is 0 Å². The molecule has 2 N–H and O–H groups in total. The molecule has 136 valence electrons. The van der Waals surface area contributed by atoms with Crippen LogP contribution < -0.4 is 0 Å². The molecule has 0 aliphatic carbocycles. The predicted octanol–water partition coefficient (Wildman–Crippen LogP) is 5.42. The Morgan fingerprint density at radius 1 is 0.680 bits per heavy atom. The van der Waals surface area contributed by atoms with Crippen LogP contribution in [0.15, 0.2) is 46.2 Å². The first kappa shape index (κ1) is 20.0. The highest BCUT2D eigenvalue weighted by molar-refractivity contribution is 7.99. The summed E-state index contributed by atoms with van der Waals surface area (Å²) < 4.78 is 0. The van der Waals surface area contributed by atoms with Gasteiger partial charge in [0.1, 0.15) is 0 Å². The lowest BCUT2D eigenvalue weighted by molar-refractivity contribution is 0.275. The van der Waals surface area contributed by atoms with Crippen LogP contribution in [0.25, 0.3) is 0 Å². The van der Waals surface area contributed by atoms with Crippen molar-refractivity contribution in [2.24, 2.45) is 0 Å². The van der Waals surface area contributed by atoms with E-state index < -0.39 is 0 Å². The highest BCUT2D eigenvalue weighted by Crippen LogP contribution is 2.40. The Labute approximate surface area is 156 Å². The van der Waals surface area contributed by atoms with Crippen molar-refractivity contribution < 1.29 is 10.2 Å². The van der Waals surface area contributed by atoms with E-state index in [4.69, 9.17) is 0 Å². The van der Waals surface area contributed by atoms with E-state index in [1.807, 2.05) is 12.1 Å². The summed E-state index contributed by atoms with van der Waals surface area (Å²) in [6, 6.07) is 12.4. The van der Waals surface area contributed by atoms with E-state index in [2.05, 4.69) is 65.8 Å². The number of aliphatic hydroxyl groups is 2. The summed E-state index contributed by atoms with van der Waals surface area (Å²) in [5.74, 6) is 0. The summed E-state index contributed by atoms with van der Waals surface area (Å²) in [5.41, 5.74) is 4.23. The van der Waals surface area contributed by atoms with Gasteiger partial charge in [0.05, 0.1) is 13.2 Å². The quantitative estimate of drug-likeness (QED) is 0.767. The maximum Gasteiger partial charge on any atom is 0.0695 e. The first-order chi connectivity index (χ1) is 11.6. The average Bonchev–Trinajstić information content (AvgIpc) is 2.52. The third-order valence-corrected chi connectivity index (χ3v) is 5.62. The van der Waals surface area contributed by atoms with Crippen LogP contribution in [-0.2, 0) is 24.0 Å². The molecule has 0 aliphatic rings. The van der Waals surface area contributed by atoms with Crippen LogP contribution in [0.3, 0.4) is 0 Å². The molecule has 0 aromatic heterocycles. The van der Waals surface area contributed by atoms with E-state index in [0.717, 1.165) is 32.0 Å². The number of hydrogen-bond acceptors (Lipinski definition) is 3. The van der Waals surface area contributed by atoms with E-state index in [1.165, 1.54) is 0 Å². The van der Waals surface area contributed by atoms with E-state index >= 15 is 0 Å². The third kappa shape index (κ3) is 4.46. The molecule has 2 nitrogen and oxygen atoms in total. The van der Waals surface area contributed by atoms with Crippen LogP contribution in [0.2, 0.25) is 0 Å². The van der Waals surface area contributed by atoms with E-state index in [-0.39, 0.29) is 24.0 Å². The molecular weight excluding hydrogens is 328 g/mol. The monoisotopic (exact) mass is 358 g/mol. The topological polar surface area (TPSA) is 40.5 Å². The second-order valence-corrected chi connectivity index (χ2v) is 9.57. The van der Waals surface area contributed by atoms with Gasteiger partial charge in [-0.2, -0.15) is 0 Å². The Morgan fingerprint density at radius 3 is 1.32 bits per heavy atom. The van der Waals surface area contributed by atoms with E-state index in [9.17, 15) is 10.2 Å². The van der Waals surface area contributed by atoms with Gasteiger partial charge in [0, 0.05) is 9.79 Å². The molecule has 0 aliphatic heterocycles. The maximum atomic E-state index is 9.99. The highest BCUT2D eigenvalue weighted by atomic mass is 32.2. The fourth-order valence-corrected chi connectivity index (χ4v) is 4.30. The number of hydrogen-bond donors (Lipinski definition) is 2. The molecule has 25 heavy (non-hydrogen) atoms. The number of rotatable bonds is 4. The van der Waals surface area contributed by atoms with Crippen molar-refractivity contribution in [1.82, 2.24) is 0 Å². The Hall–Kier alpha value is -1.29. The average molecular weight is 359 g/mol. The van der Waals surface area contributed by atoms with Gasteiger partial charge in [0.2, 0.25) is 0 Å². The Morgan fingerprint density at radius 2 is 1.04 bits per heavy atom. The van der Waals surface area contributed by atoms with Crippen molar-refractivity contribution in [1.29, 1.82) is 0 Å². The van der Waals surface area contributed by atoms with Crippen LogP contribution in [0.1, 0.15) is 63.8 Å². The molecule has 2 aromatic rings. The molecule has 0 amide bonds. The third-order valence-electron chi connectivity index (χ3n) is 4.42. The van der Waals surface area contributed by atoms with Crippen LogP contribution in [0.4, 0.5) is 0 Å². The van der Waals surface area contributed by atoms with Gasteiger partial charge in [-0.3, -0.25) is 0 Å². The van der Waals surface area contributed by atoms with E-state index in [1.54, 1.807) is 11.8 Å². The summed E-state index contributed by atoms with van der Waals surface area (Å²) in [4.78, 5) is 2.10. The molecule has 2 rings (SSSR count). The molecule has 0 spiro atoms. The SMILES string of the molecule is CC(C)(C)c1cccc(Sc2cccc(C(C)(C)C)c2CO)c1CO. The van der Waals surface area contributed by atoms with Crippen molar-refractivity contribution in [3.05, 3.63) is 58.7 Å². The van der Waals surface area contributed by atoms with Crippen LogP contribution in [-0.4, -0.2) is 10.2 Å². The predicted molar refractivity (Wildman–Crippen MR) is 106 cm³/mol. The fourth-order valence-electron chi connectivity index (χ4n) is 3.17. The van der Waals surface area contributed by atoms with Gasteiger partial charge < -0.3 is 10.2 Å². The largest absolute Gasteiger partial charge is 0.392 e. The molecule has 0 saturated heterocycles. The zero-order valence-corrected chi connectivity index (χ0v) is 17.0. The molecule has 0 saturated carbocycles. The lowest BCUT2D eigenvalue weighted by atomic mass is 9.84. The van der Waals surface area contributed by atoms with Gasteiger partial charge in [-0.1, -0.05) is 77.6 Å². The van der Waals surface area contributed by atoms with Gasteiger partial charge in [-0.25, -0.2) is 0 Å². The lowest BCUT2D eigenvalue weighted by Gasteiger charge is -2.26. The number of aliphatic hydroxyl groups excluding tert-OH is 2. The van der Waals surface area contributed by atoms with Gasteiger partial charge in [0.25, 0.3) is 0 Å². The van der Waals surface area contributed by atoms with Crippen LogP contribution in [0.5, 0.6) is 0 Å². The van der Waals surface area contributed by atoms with Crippen molar-refractivity contribution in [3.63, 3.8) is 0 Å². The summed E-state index contributed by atoms with van der Waals surface area (Å²) in [6.07, 6.45) is 0. The van der Waals surface area contributed by atoms with Gasteiger partial charge >= 0.3 is 0 Å². The number of benzene rings is 2. The molecule has 3 heteroatoms. The summed E-state index contributed by atoms with van der Waals surface area (Å²) >= 11 is 1.63. The van der Waals surface area contributed by atoms with Crippen molar-refractivity contribution in [2.75, 3.05) is 0 Å². The Kier molecular flexibility index (Phi) is 6.03. The second-order valence-electron chi connectivity index (χ2n) is 8.48. The van der Waals surface area contributed by atoms with Crippen molar-refractivity contribution in [3.8, 4) is 0 Å². The zero-order valence-electron chi connectivity index (χ0n) is 16.2. The minimum Gasteiger partial charge on any atom is -0.392 e. The molecule has 0 fully saturated rings. The molecular formula is C22H30O2S. The lowest BCUT2D eigenvalue weighted by Crippen LogP contribution is -2.15. The Balaban J connectivity index is 2.55. The van der Waals surface area contributed by atoms with Gasteiger partial charge in [-0.15, -0.1) is 0 Å². The second kappa shape index (κ2) is 7.53. The highest BCUT2D eigenvalue weighted by Gasteiger charge is 2.22. The minimum atomic E-state index is -0.0261. The normalized spacial score (nSPS) is 12.5. The molecule has 0 atom stereocenters. The molecule has 0 radical (unpaired) electrons. The summed E-state index contributed by atoms with van der Waals surface area (Å²) in [6.45, 7) is 13.0. The Bertz CT molecular complexity index is 673. The molecule has 2 aromatic carbocycles. The summed E-state index contributed by atoms with van der Waals surface area (Å²) in [5, 5.41) is 20.0. The fraction of sp³-hybridized carbons (Fsp3) is 0.455. The van der Waals surface area contributed by atoms with Crippen molar-refractivity contribution >= 4 is 11.8 Å². The first-order valence-electron chi connectivity index (χ1n) is 8.74. The summed E-state index contributed by atoms with van der Waals surface area (Å²) in [7, 11) is 0. The standard InChI is InChI=1S/C22H30O2S/c1-21(2,3)17-9-7-11-19(15(17)13-23)25-20-12-8-10-18(16(20)14-24)22(4,5)6/h7-12,23-24H,13-14H2,1-6H3. The van der Waals surface area contributed by atoms with Gasteiger partial charge in [-0.05, 0) is 45.2 Å².